The number of nitrogens with two attached hydrogens (primary N) is 1. The Morgan fingerprint density at radius 2 is 1.84 bits per heavy atom. The quantitative estimate of drug-likeness (QED) is 0.132. The molecule has 0 amide bonds. The predicted octanol–water partition coefficient (Wildman–Crippen LogP) is 4.34. The van der Waals surface area contributed by atoms with Crippen LogP contribution in [-0.4, -0.2) is 87.2 Å². The molecule has 6 atom stereocenters. The number of nitrogens with zero attached hydrogens (tertiary/aromatic N) is 1. The standard InChI is InChI=1S/C44H56N4O8S2/c1-26(2)37-23-58-57-22-35-34-21-33-28-11-14-31(51)20-30(50)13-10-27-12-15-38(52)40(55-25-49)32(27)8-5-7-29(19-28)39(41(33)56-42(34)53)54-24-46-44(16-3-4-17-44)18-6-9-36(35)47-43(45)48-37/h12,15,19,26,31,34-37,42,46,49,51-53H,3-4,7,10-11,13-14,16-18,20-25H2,1-2H3,(H3,45,47,48)/t31-,34+,35-,36-,37-,42+/m1/s1. The summed E-state index contributed by atoms with van der Waals surface area (Å²) >= 11 is 0. The molecule has 1 spiro atoms. The minimum absolute atomic E-state index is 0.00970. The fourth-order valence-electron chi connectivity index (χ4n) is 8.79. The maximum atomic E-state index is 13.2. The highest BCUT2D eigenvalue weighted by molar-refractivity contribution is 8.76. The molecule has 0 radical (unpaired) electrons. The number of guanidine groups is 1. The van der Waals surface area contributed by atoms with E-state index in [0.29, 0.717) is 72.4 Å². The van der Waals surface area contributed by atoms with Crippen molar-refractivity contribution >= 4 is 33.3 Å². The average Bonchev–Trinajstić information content (AvgIpc) is 3.65. The number of hydrogen-bond donors (Lipinski definition) is 7. The second kappa shape index (κ2) is 19.1. The molecule has 0 aromatic heterocycles. The Balaban J connectivity index is 1.35. The average molecular weight is 833 g/mol. The number of ether oxygens (including phenoxy) is 3. The Hall–Kier alpha value is -3.76. The number of benzene rings is 2. The number of aliphatic hydroxyl groups excluding tert-OH is 3. The Morgan fingerprint density at radius 1 is 1.03 bits per heavy atom. The number of nitrogens with one attached hydrogen (secondary N) is 2. The topological polar surface area (TPSA) is 188 Å². The minimum Gasteiger partial charge on any atom is -0.504 e. The number of aromatic hydroxyl groups is 1. The molecule has 312 valence electrons. The molecule has 2 aromatic rings. The first kappa shape index (κ1) is 42.4. The van der Waals surface area contributed by atoms with Gasteiger partial charge in [0.25, 0.3) is 0 Å². The molecule has 14 heteroatoms. The van der Waals surface area contributed by atoms with Crippen LogP contribution in [0.25, 0.3) is 0 Å². The van der Waals surface area contributed by atoms with Gasteiger partial charge in [-0.3, -0.25) is 10.1 Å². The first-order chi connectivity index (χ1) is 28.0. The molecule has 1 saturated carbocycles. The Labute approximate surface area is 349 Å². The van der Waals surface area contributed by atoms with Crippen molar-refractivity contribution in [1.82, 2.24) is 10.6 Å². The molecule has 8 rings (SSSR count). The van der Waals surface area contributed by atoms with Crippen LogP contribution in [0.15, 0.2) is 23.2 Å². The van der Waals surface area contributed by atoms with Crippen molar-refractivity contribution in [2.24, 2.45) is 28.5 Å². The summed E-state index contributed by atoms with van der Waals surface area (Å²) in [6.45, 7) is 3.81. The lowest BCUT2D eigenvalue weighted by molar-refractivity contribution is -0.121. The highest BCUT2D eigenvalue weighted by atomic mass is 33.1. The first-order valence-electron chi connectivity index (χ1n) is 20.5. The zero-order valence-electron chi connectivity index (χ0n) is 33.4. The third-order valence-corrected chi connectivity index (χ3v) is 14.7. The number of phenols is 1. The molecule has 6 aliphatic rings. The van der Waals surface area contributed by atoms with Gasteiger partial charge in [-0.15, -0.1) is 0 Å². The van der Waals surface area contributed by atoms with Crippen molar-refractivity contribution in [3.63, 3.8) is 0 Å². The van der Waals surface area contributed by atoms with Crippen LogP contribution in [0.3, 0.4) is 0 Å². The Morgan fingerprint density at radius 3 is 2.64 bits per heavy atom. The van der Waals surface area contributed by atoms with Crippen LogP contribution in [-0.2, 0) is 30.5 Å². The van der Waals surface area contributed by atoms with E-state index in [4.69, 9.17) is 24.9 Å². The summed E-state index contributed by atoms with van der Waals surface area (Å²) in [5.74, 6) is 15.8. The number of rotatable bonds is 3. The smallest absolute Gasteiger partial charge is 0.201 e. The highest BCUT2D eigenvalue weighted by Gasteiger charge is 2.42. The van der Waals surface area contributed by atoms with E-state index in [0.717, 1.165) is 48.1 Å². The monoisotopic (exact) mass is 832 g/mol. The first-order valence-corrected chi connectivity index (χ1v) is 23.0. The lowest BCUT2D eigenvalue weighted by Crippen LogP contribution is -2.51. The van der Waals surface area contributed by atoms with Crippen molar-refractivity contribution < 1.29 is 39.4 Å². The van der Waals surface area contributed by atoms with Gasteiger partial charge in [0, 0.05) is 65.7 Å². The maximum Gasteiger partial charge on any atom is 0.201 e. The Kier molecular flexibility index (Phi) is 13.9. The van der Waals surface area contributed by atoms with Gasteiger partial charge in [0.05, 0.1) is 23.8 Å². The molecule has 0 unspecified atom stereocenters. The lowest BCUT2D eigenvalue weighted by Gasteiger charge is -2.40. The van der Waals surface area contributed by atoms with E-state index >= 15 is 0 Å². The van der Waals surface area contributed by atoms with Gasteiger partial charge < -0.3 is 45.7 Å². The number of Topliss-reactive ketones (excluding diaryl/α,β-unsaturated/α-hetero) is 1. The van der Waals surface area contributed by atoms with Gasteiger partial charge in [0.15, 0.2) is 35.8 Å². The predicted molar refractivity (Wildman–Crippen MR) is 227 cm³/mol. The second-order valence-electron chi connectivity index (χ2n) is 16.5. The molecule has 58 heavy (non-hydrogen) atoms. The number of aliphatic hydroxyl groups is 3. The maximum absolute atomic E-state index is 13.2. The van der Waals surface area contributed by atoms with Crippen molar-refractivity contribution in [3.8, 4) is 46.7 Å². The highest BCUT2D eigenvalue weighted by Crippen LogP contribution is 2.47. The van der Waals surface area contributed by atoms with Gasteiger partial charge in [-0.25, -0.2) is 4.99 Å². The van der Waals surface area contributed by atoms with Gasteiger partial charge in [0.1, 0.15) is 12.5 Å². The lowest BCUT2D eigenvalue weighted by atomic mass is 9.78. The summed E-state index contributed by atoms with van der Waals surface area (Å²) in [4.78, 5) is 18.0. The van der Waals surface area contributed by atoms with E-state index in [1.807, 2.05) is 0 Å². The number of carbonyl (C=O) groups excluding carboxylic acids is 1. The summed E-state index contributed by atoms with van der Waals surface area (Å²) < 4.78 is 18.7. The van der Waals surface area contributed by atoms with E-state index < -0.39 is 25.2 Å². The van der Waals surface area contributed by atoms with Gasteiger partial charge in [-0.1, -0.05) is 84.1 Å². The molecule has 0 saturated heterocycles. The molecule has 2 aromatic carbocycles. The fraction of sp³-hybridized carbons (Fsp3) is 0.591. The van der Waals surface area contributed by atoms with Crippen LogP contribution in [0.1, 0.15) is 93.0 Å². The number of fused-ring (bicyclic) bond motifs is 7. The van der Waals surface area contributed by atoms with Crippen LogP contribution in [0.2, 0.25) is 0 Å². The van der Waals surface area contributed by atoms with Gasteiger partial charge in [-0.05, 0) is 61.6 Å². The number of hydrogen-bond acceptors (Lipinski definition) is 14. The van der Waals surface area contributed by atoms with Crippen LogP contribution in [0.4, 0.5) is 0 Å². The Bertz CT molecular complexity index is 1980. The van der Waals surface area contributed by atoms with E-state index in [1.165, 1.54) is 6.07 Å². The third-order valence-electron chi connectivity index (χ3n) is 12.2. The van der Waals surface area contributed by atoms with E-state index in [1.54, 1.807) is 27.7 Å². The molecule has 12 nitrogen and oxygen atoms in total. The third kappa shape index (κ3) is 9.81. The van der Waals surface area contributed by atoms with Gasteiger partial charge in [-0.2, -0.15) is 0 Å². The number of ketones is 1. The van der Waals surface area contributed by atoms with E-state index in [-0.39, 0.29) is 66.7 Å². The number of aryl methyl sites for hydroxylation is 2. The summed E-state index contributed by atoms with van der Waals surface area (Å²) in [7, 11) is 3.53. The van der Waals surface area contributed by atoms with E-state index in [2.05, 4.69) is 54.2 Å². The molecule has 1 fully saturated rings. The van der Waals surface area contributed by atoms with Crippen LogP contribution < -0.4 is 30.6 Å². The zero-order valence-corrected chi connectivity index (χ0v) is 35.0. The second-order valence-corrected chi connectivity index (χ2v) is 19.0. The van der Waals surface area contributed by atoms with Crippen LogP contribution >= 0.6 is 21.6 Å². The molecule has 4 heterocycles. The molecule has 8 N–H and O–H groups in total. The summed E-state index contributed by atoms with van der Waals surface area (Å²) in [5.41, 5.74) is 9.99. The zero-order chi connectivity index (χ0) is 40.8. The minimum atomic E-state index is -1.20. The number of aliphatic imine (C=N–C) groups is 1. The van der Waals surface area contributed by atoms with Gasteiger partial charge in [0.2, 0.25) is 6.29 Å². The summed E-state index contributed by atoms with van der Waals surface area (Å²) in [6, 6.07) is 4.87. The molecule has 6 bridgehead atoms. The summed E-state index contributed by atoms with van der Waals surface area (Å²) in [6.07, 6.45) is 4.59. The van der Waals surface area contributed by atoms with Crippen molar-refractivity contribution in [2.75, 3.05) is 25.0 Å². The molecule has 4 aliphatic heterocycles. The van der Waals surface area contributed by atoms with Crippen molar-refractivity contribution in [1.29, 1.82) is 0 Å². The van der Waals surface area contributed by atoms with Crippen LogP contribution in [0, 0.1) is 41.4 Å². The molecule has 2 aliphatic carbocycles. The largest absolute Gasteiger partial charge is 0.504 e. The fourth-order valence-corrected chi connectivity index (χ4v) is 11.6. The van der Waals surface area contributed by atoms with Crippen LogP contribution in [0.5, 0.6) is 23.0 Å². The van der Waals surface area contributed by atoms with Gasteiger partial charge >= 0.3 is 0 Å². The van der Waals surface area contributed by atoms with Crippen molar-refractivity contribution in [2.45, 2.75) is 121 Å². The molecular weight excluding hydrogens is 777 g/mol. The van der Waals surface area contributed by atoms with E-state index in [9.17, 15) is 25.2 Å². The van der Waals surface area contributed by atoms with Crippen molar-refractivity contribution in [3.05, 3.63) is 46.0 Å². The normalized spacial score (nSPS) is 27.6. The SMILES string of the molecule is CC(C)[C@H]1CSSC[C@@H]2[C@@H]3Cc4c5cc(c(c4O[C@@H]3O)OCNC3(CC#C[C@H]2NC(N)=N1)CCCC3)CC#Cc1c(ccc(O)c1OCO)CCC(=O)C[C@H](O)CC5. The molecular formula is C44H56N4O8S2. The number of phenolic OH excluding ortho intramolecular Hbond substituents is 1. The number of carbonyl (C=O) groups is 1. The summed E-state index contributed by atoms with van der Waals surface area (Å²) in [5, 5.41) is 50.7.